The third-order valence-corrected chi connectivity index (χ3v) is 1.65. The average molecular weight is 206 g/mol. The first kappa shape index (κ1) is 15.3. The second kappa shape index (κ2) is 7.27. The zero-order valence-corrected chi connectivity index (χ0v) is 8.30. The summed E-state index contributed by atoms with van der Waals surface area (Å²) in [5.41, 5.74) is -1.22. The molecule has 7 heteroatoms. The normalized spacial score (nSPS) is 10.7. The first-order valence-electron chi connectivity index (χ1n) is 3.47. The van der Waals surface area contributed by atoms with Gasteiger partial charge in [0.1, 0.15) is 26.4 Å². The predicted molar refractivity (Wildman–Crippen MR) is 41.5 cm³/mol. The van der Waals surface area contributed by atoms with Gasteiger partial charge in [0.05, 0.1) is 5.97 Å². The van der Waals surface area contributed by atoms with Gasteiger partial charge in [-0.25, -0.2) is 0 Å². The van der Waals surface area contributed by atoms with Crippen molar-refractivity contribution in [3.05, 3.63) is 0 Å². The number of carbonyl (C=O) groups excluding carboxylic acids is 1. The molecule has 6 nitrogen and oxygen atoms in total. The number of rotatable bonds is 6. The molecule has 0 atom stereocenters. The summed E-state index contributed by atoms with van der Waals surface area (Å²) >= 11 is 0. The van der Waals surface area contributed by atoms with Gasteiger partial charge in [-0.15, -0.1) is 0 Å². The van der Waals surface area contributed by atoms with Gasteiger partial charge in [0.25, 0.3) is 0 Å². The van der Waals surface area contributed by atoms with Gasteiger partial charge in [-0.3, -0.25) is 0 Å². The molecule has 0 fully saturated rings. The molecule has 72 valence electrons. The van der Waals surface area contributed by atoms with E-state index in [1.54, 1.807) is 0 Å². The minimum atomic E-state index is -1.31. The minimum Gasteiger partial charge on any atom is -0.544 e. The second-order valence-electron chi connectivity index (χ2n) is 2.62. The molecule has 0 heterocycles. The van der Waals surface area contributed by atoms with Crippen LogP contribution in [0.4, 0.5) is 0 Å². The predicted octanol–water partition coefficient (Wildman–Crippen LogP) is -5.37. The van der Waals surface area contributed by atoms with Crippen molar-refractivity contribution in [3.63, 3.8) is 0 Å². The van der Waals surface area contributed by atoms with Crippen molar-refractivity contribution in [3.8, 4) is 0 Å². The van der Waals surface area contributed by atoms with Gasteiger partial charge in [-0.2, -0.15) is 0 Å². The Morgan fingerprint density at radius 3 is 1.85 bits per heavy atom. The molecule has 0 aromatic heterocycles. The van der Waals surface area contributed by atoms with Crippen molar-refractivity contribution in [1.82, 2.24) is 0 Å². The summed E-state index contributed by atoms with van der Waals surface area (Å²) in [7, 11) is 0. The SMILES string of the molecule is O=C([O-])C[NH2+]C(CO)(CO)CO.[Al+3]. The van der Waals surface area contributed by atoms with Crippen LogP contribution in [-0.2, 0) is 4.79 Å². The van der Waals surface area contributed by atoms with E-state index in [0.717, 1.165) is 5.32 Å². The molecule has 0 saturated heterocycles. The van der Waals surface area contributed by atoms with Crippen LogP contribution in [0.3, 0.4) is 0 Å². The number of aliphatic hydroxyl groups is 3. The molecule has 5 N–H and O–H groups in total. The van der Waals surface area contributed by atoms with Crippen LogP contribution in [0, 0.1) is 0 Å². The van der Waals surface area contributed by atoms with Gasteiger partial charge >= 0.3 is 17.4 Å². The van der Waals surface area contributed by atoms with Crippen LogP contribution in [0.1, 0.15) is 0 Å². The Labute approximate surface area is 86.3 Å². The molecule has 0 bridgehead atoms. The monoisotopic (exact) mass is 206 g/mol. The second-order valence-corrected chi connectivity index (χ2v) is 2.62. The van der Waals surface area contributed by atoms with E-state index in [1.165, 1.54) is 0 Å². The molecule has 0 radical (unpaired) electrons. The molecule has 0 aromatic carbocycles. The van der Waals surface area contributed by atoms with Crippen LogP contribution in [0.2, 0.25) is 0 Å². The largest absolute Gasteiger partial charge is 3.00 e. The van der Waals surface area contributed by atoms with Crippen LogP contribution in [-0.4, -0.2) is 70.6 Å². The molecule has 0 aliphatic heterocycles. The maximum Gasteiger partial charge on any atom is 3.00 e. The number of aliphatic carboxylic acids is 1. The van der Waals surface area contributed by atoms with Crippen molar-refractivity contribution < 1.29 is 30.5 Å². The van der Waals surface area contributed by atoms with Crippen LogP contribution in [0.25, 0.3) is 0 Å². The number of aliphatic hydroxyl groups excluding tert-OH is 3. The molecular weight excluding hydrogens is 193 g/mol. The van der Waals surface area contributed by atoms with E-state index < -0.39 is 37.9 Å². The van der Waals surface area contributed by atoms with Gasteiger partial charge in [0.2, 0.25) is 0 Å². The van der Waals surface area contributed by atoms with Crippen LogP contribution >= 0.6 is 0 Å². The van der Waals surface area contributed by atoms with E-state index in [2.05, 4.69) is 0 Å². The Balaban J connectivity index is 0. The average Bonchev–Trinajstić information content (AvgIpc) is 2.08. The maximum atomic E-state index is 10.0. The van der Waals surface area contributed by atoms with E-state index in [1.807, 2.05) is 0 Å². The van der Waals surface area contributed by atoms with Gasteiger partial charge in [0, 0.05) is 0 Å². The van der Waals surface area contributed by atoms with Gasteiger partial charge < -0.3 is 30.5 Å². The van der Waals surface area contributed by atoms with Gasteiger partial charge in [0.15, 0.2) is 5.54 Å². The fourth-order valence-electron chi connectivity index (χ4n) is 0.643. The molecule has 0 aliphatic carbocycles. The number of carboxylic acid groups (broad SMARTS) is 1. The number of hydrogen-bond donors (Lipinski definition) is 4. The molecular formula is C6H13AlNO5+3. The molecule has 0 saturated carbocycles. The van der Waals surface area contributed by atoms with Gasteiger partial charge in [-0.05, 0) is 0 Å². The Morgan fingerprint density at radius 1 is 1.23 bits per heavy atom. The van der Waals surface area contributed by atoms with Gasteiger partial charge in [-0.1, -0.05) is 0 Å². The summed E-state index contributed by atoms with van der Waals surface area (Å²) in [4.78, 5) is 10.0. The molecule has 0 rings (SSSR count). The third-order valence-electron chi connectivity index (χ3n) is 1.65. The zero-order chi connectivity index (χ0) is 9.61. The Hall–Kier alpha value is -0.158. The van der Waals surface area contributed by atoms with E-state index in [9.17, 15) is 9.90 Å². The standard InChI is InChI=1S/C6H13NO5.Al/c8-2-6(3-9,4-10)7-1-5(11)12;/h7-10H,1-4H2,(H,11,12);/q;+3. The zero-order valence-electron chi connectivity index (χ0n) is 7.14. The van der Waals surface area contributed by atoms with Crippen LogP contribution in [0.5, 0.6) is 0 Å². The Morgan fingerprint density at radius 2 is 1.62 bits per heavy atom. The maximum absolute atomic E-state index is 10.0. The number of carbonyl (C=O) groups is 1. The van der Waals surface area contributed by atoms with Crippen molar-refractivity contribution in [2.45, 2.75) is 5.54 Å². The number of hydrogen-bond acceptors (Lipinski definition) is 5. The fraction of sp³-hybridized carbons (Fsp3) is 0.833. The number of nitrogens with two attached hydrogens (primary N) is 1. The summed E-state index contributed by atoms with van der Waals surface area (Å²) in [5, 5.41) is 37.3. The fourth-order valence-corrected chi connectivity index (χ4v) is 0.643. The Kier molecular flexibility index (Phi) is 8.56. The quantitative estimate of drug-likeness (QED) is 0.324. The molecule has 0 aliphatic rings. The summed E-state index contributed by atoms with van der Waals surface area (Å²) < 4.78 is 0. The Bertz CT molecular complexity index is 142. The minimum absolute atomic E-state index is 0. The summed E-state index contributed by atoms with van der Waals surface area (Å²) in [6, 6.07) is 0. The van der Waals surface area contributed by atoms with Crippen LogP contribution in [0.15, 0.2) is 0 Å². The molecule has 0 unspecified atom stereocenters. The summed E-state index contributed by atoms with van der Waals surface area (Å²) in [6.07, 6.45) is 0. The number of carboxylic acids is 1. The summed E-state index contributed by atoms with van der Waals surface area (Å²) in [5.74, 6) is -1.31. The smallest absolute Gasteiger partial charge is 0.544 e. The summed E-state index contributed by atoms with van der Waals surface area (Å²) in [6.45, 7) is -1.88. The van der Waals surface area contributed by atoms with Crippen molar-refractivity contribution in [2.75, 3.05) is 26.4 Å². The van der Waals surface area contributed by atoms with E-state index in [4.69, 9.17) is 15.3 Å². The van der Waals surface area contributed by atoms with Crippen LogP contribution < -0.4 is 10.4 Å². The van der Waals surface area contributed by atoms with E-state index >= 15 is 0 Å². The molecule has 0 amide bonds. The molecule has 0 spiro atoms. The van der Waals surface area contributed by atoms with Crippen molar-refractivity contribution >= 4 is 23.3 Å². The van der Waals surface area contributed by atoms with Crippen molar-refractivity contribution in [2.24, 2.45) is 0 Å². The van der Waals surface area contributed by atoms with E-state index in [-0.39, 0.29) is 17.4 Å². The first-order chi connectivity index (χ1) is 5.60. The third kappa shape index (κ3) is 5.21. The number of quaternary nitrogens is 1. The molecule has 13 heavy (non-hydrogen) atoms. The first-order valence-corrected chi connectivity index (χ1v) is 3.47. The topological polar surface area (TPSA) is 117 Å². The van der Waals surface area contributed by atoms with Crippen molar-refractivity contribution in [1.29, 1.82) is 0 Å². The van der Waals surface area contributed by atoms with E-state index in [0.29, 0.717) is 0 Å². The molecule has 0 aromatic rings.